The van der Waals surface area contributed by atoms with E-state index in [0.29, 0.717) is 11.3 Å². The highest BCUT2D eigenvalue weighted by Gasteiger charge is 2.50. The molecule has 2 atom stereocenters. The Morgan fingerprint density at radius 1 is 1.15 bits per heavy atom. The number of nitrogens with zero attached hydrogens (tertiary/aromatic N) is 5. The van der Waals surface area contributed by atoms with Gasteiger partial charge < -0.3 is 14.4 Å². The molecule has 146 valence electrons. The van der Waals surface area contributed by atoms with Crippen LogP contribution in [-0.2, 0) is 19.0 Å². The molecule has 2 fully saturated rings. The van der Waals surface area contributed by atoms with E-state index in [1.165, 1.54) is 31.9 Å². The van der Waals surface area contributed by atoms with Crippen LogP contribution in [-0.4, -0.2) is 77.6 Å². The molecule has 0 aliphatic carbocycles. The minimum atomic E-state index is 0.311. The summed E-state index contributed by atoms with van der Waals surface area (Å²) < 4.78 is 2.15. The van der Waals surface area contributed by atoms with Gasteiger partial charge in [-0.15, -0.1) is 0 Å². The molecule has 0 radical (unpaired) electrons. The fourth-order valence-corrected chi connectivity index (χ4v) is 5.00. The molecule has 0 spiro atoms. The predicted molar refractivity (Wildman–Crippen MR) is 110 cm³/mol. The predicted octanol–water partition coefficient (Wildman–Crippen LogP) is 2.06. The van der Waals surface area contributed by atoms with Crippen LogP contribution in [0.5, 0.6) is 0 Å². The first kappa shape index (κ1) is 18.7. The Kier molecular flexibility index (Phi) is 5.35. The van der Waals surface area contributed by atoms with Crippen LogP contribution in [0.3, 0.4) is 0 Å². The third kappa shape index (κ3) is 3.82. The number of fused-ring (bicyclic) bond motifs is 1. The van der Waals surface area contributed by atoms with E-state index in [0.717, 1.165) is 26.2 Å². The minimum absolute atomic E-state index is 0.311. The molecule has 0 N–H and O–H groups in total. The molecule has 0 amide bonds. The Hall–Kier alpha value is -1.69. The number of hydrogen-bond donors (Lipinski definition) is 0. The SMILES string of the molecule is CN(C)CCN1CC2CN(Cc3nccn3C)CCC2(c2ccccc2)C1. The highest BCUT2D eigenvalue weighted by Crippen LogP contribution is 2.45. The van der Waals surface area contributed by atoms with Crippen LogP contribution >= 0.6 is 0 Å². The molecule has 3 heterocycles. The van der Waals surface area contributed by atoms with Crippen molar-refractivity contribution in [3.05, 3.63) is 54.1 Å². The summed E-state index contributed by atoms with van der Waals surface area (Å²) in [5, 5.41) is 0. The van der Waals surface area contributed by atoms with E-state index in [9.17, 15) is 0 Å². The third-order valence-electron chi connectivity index (χ3n) is 6.62. The van der Waals surface area contributed by atoms with Gasteiger partial charge in [0.1, 0.15) is 5.82 Å². The molecular formula is C22H33N5. The van der Waals surface area contributed by atoms with Gasteiger partial charge in [-0.05, 0) is 38.5 Å². The first-order chi connectivity index (χ1) is 13.1. The summed E-state index contributed by atoms with van der Waals surface area (Å²) in [6, 6.07) is 11.3. The van der Waals surface area contributed by atoms with Gasteiger partial charge in [-0.3, -0.25) is 4.90 Å². The van der Waals surface area contributed by atoms with Gasteiger partial charge in [0.15, 0.2) is 0 Å². The molecule has 4 rings (SSSR count). The first-order valence-electron chi connectivity index (χ1n) is 10.2. The fourth-order valence-electron chi connectivity index (χ4n) is 5.00. The largest absolute Gasteiger partial charge is 0.337 e. The normalized spacial score (nSPS) is 26.6. The van der Waals surface area contributed by atoms with E-state index in [-0.39, 0.29) is 0 Å². The summed E-state index contributed by atoms with van der Waals surface area (Å²) >= 11 is 0. The van der Waals surface area contributed by atoms with Crippen LogP contribution in [0.25, 0.3) is 0 Å². The lowest BCUT2D eigenvalue weighted by molar-refractivity contribution is 0.114. The second-order valence-electron chi connectivity index (χ2n) is 8.70. The quantitative estimate of drug-likeness (QED) is 0.781. The number of imidazole rings is 1. The number of piperidine rings is 1. The number of hydrogen-bond acceptors (Lipinski definition) is 4. The molecule has 1 aromatic carbocycles. The Morgan fingerprint density at radius 3 is 2.63 bits per heavy atom. The van der Waals surface area contributed by atoms with Crippen molar-refractivity contribution in [3.63, 3.8) is 0 Å². The van der Waals surface area contributed by atoms with E-state index >= 15 is 0 Å². The van der Waals surface area contributed by atoms with Crippen molar-refractivity contribution in [2.24, 2.45) is 13.0 Å². The monoisotopic (exact) mass is 367 g/mol. The van der Waals surface area contributed by atoms with Crippen LogP contribution < -0.4 is 0 Å². The van der Waals surface area contributed by atoms with Crippen molar-refractivity contribution in [3.8, 4) is 0 Å². The summed E-state index contributed by atoms with van der Waals surface area (Å²) in [7, 11) is 6.44. The summed E-state index contributed by atoms with van der Waals surface area (Å²) in [4.78, 5) is 12.1. The molecule has 5 heteroatoms. The van der Waals surface area contributed by atoms with Gasteiger partial charge in [0, 0.05) is 57.6 Å². The standard InChI is InChI=1S/C22H33N5/c1-24(2)13-14-27-16-20-15-26(17-21-23-10-12-25(21)3)11-9-22(20,18-27)19-7-5-4-6-8-19/h4-8,10,12,20H,9,11,13-18H2,1-3H3. The Morgan fingerprint density at radius 2 is 1.93 bits per heavy atom. The van der Waals surface area contributed by atoms with Crippen LogP contribution in [0.1, 0.15) is 17.8 Å². The van der Waals surface area contributed by atoms with Crippen molar-refractivity contribution in [2.75, 3.05) is 53.4 Å². The van der Waals surface area contributed by atoms with E-state index < -0.39 is 0 Å². The topological polar surface area (TPSA) is 27.5 Å². The average molecular weight is 368 g/mol. The number of aromatic nitrogens is 2. The molecular weight excluding hydrogens is 334 g/mol. The second kappa shape index (κ2) is 7.74. The van der Waals surface area contributed by atoms with Gasteiger partial charge >= 0.3 is 0 Å². The van der Waals surface area contributed by atoms with Crippen molar-refractivity contribution < 1.29 is 0 Å². The Labute approximate surface area is 163 Å². The lowest BCUT2D eigenvalue weighted by Gasteiger charge is -2.44. The molecule has 27 heavy (non-hydrogen) atoms. The van der Waals surface area contributed by atoms with E-state index in [1.807, 2.05) is 12.4 Å². The van der Waals surface area contributed by atoms with E-state index in [4.69, 9.17) is 0 Å². The summed E-state index contributed by atoms with van der Waals surface area (Å²) in [5.74, 6) is 1.86. The maximum Gasteiger partial charge on any atom is 0.122 e. The molecule has 0 bridgehead atoms. The lowest BCUT2D eigenvalue weighted by Crippen LogP contribution is -2.49. The summed E-state index contributed by atoms with van der Waals surface area (Å²) in [6.07, 6.45) is 5.20. The van der Waals surface area contributed by atoms with Crippen LogP contribution in [0.15, 0.2) is 42.7 Å². The Balaban J connectivity index is 1.52. The third-order valence-corrected chi connectivity index (χ3v) is 6.62. The zero-order valence-electron chi connectivity index (χ0n) is 17.0. The van der Waals surface area contributed by atoms with E-state index in [1.54, 1.807) is 5.56 Å². The molecule has 0 saturated carbocycles. The zero-order valence-corrected chi connectivity index (χ0v) is 17.0. The molecule has 5 nitrogen and oxygen atoms in total. The number of rotatable bonds is 6. The molecule has 2 saturated heterocycles. The highest BCUT2D eigenvalue weighted by molar-refractivity contribution is 5.30. The van der Waals surface area contributed by atoms with Gasteiger partial charge in [0.25, 0.3) is 0 Å². The number of likely N-dealkylation sites (N-methyl/N-ethyl adjacent to an activating group) is 1. The molecule has 2 aromatic rings. The number of aryl methyl sites for hydroxylation is 1. The lowest BCUT2D eigenvalue weighted by atomic mass is 9.68. The molecule has 2 unspecified atom stereocenters. The fraction of sp³-hybridized carbons (Fsp3) is 0.591. The first-order valence-corrected chi connectivity index (χ1v) is 10.2. The van der Waals surface area contributed by atoms with Gasteiger partial charge in [0.05, 0.1) is 6.54 Å². The second-order valence-corrected chi connectivity index (χ2v) is 8.70. The van der Waals surface area contributed by atoms with Crippen LogP contribution in [0.4, 0.5) is 0 Å². The summed E-state index contributed by atoms with van der Waals surface area (Å²) in [5.41, 5.74) is 1.85. The van der Waals surface area contributed by atoms with Gasteiger partial charge in [-0.2, -0.15) is 0 Å². The number of likely N-dealkylation sites (tertiary alicyclic amines) is 2. The minimum Gasteiger partial charge on any atom is -0.337 e. The average Bonchev–Trinajstić information content (AvgIpc) is 3.24. The van der Waals surface area contributed by atoms with Crippen molar-refractivity contribution >= 4 is 0 Å². The maximum atomic E-state index is 4.54. The van der Waals surface area contributed by atoms with E-state index in [2.05, 4.69) is 75.7 Å². The molecule has 2 aliphatic heterocycles. The van der Waals surface area contributed by atoms with Crippen molar-refractivity contribution in [1.29, 1.82) is 0 Å². The van der Waals surface area contributed by atoms with Crippen molar-refractivity contribution in [1.82, 2.24) is 24.3 Å². The Bertz CT molecular complexity index is 740. The molecule has 1 aromatic heterocycles. The molecule has 2 aliphatic rings. The van der Waals surface area contributed by atoms with Crippen LogP contribution in [0, 0.1) is 5.92 Å². The van der Waals surface area contributed by atoms with Gasteiger partial charge in [0.2, 0.25) is 0 Å². The van der Waals surface area contributed by atoms with Crippen LogP contribution in [0.2, 0.25) is 0 Å². The smallest absolute Gasteiger partial charge is 0.122 e. The summed E-state index contributed by atoms with van der Waals surface area (Å²) in [6.45, 7) is 7.99. The number of benzene rings is 1. The maximum absolute atomic E-state index is 4.54. The zero-order chi connectivity index (χ0) is 18.9. The van der Waals surface area contributed by atoms with Crippen molar-refractivity contribution in [2.45, 2.75) is 18.4 Å². The highest BCUT2D eigenvalue weighted by atomic mass is 15.2. The van der Waals surface area contributed by atoms with Gasteiger partial charge in [-0.1, -0.05) is 30.3 Å². The van der Waals surface area contributed by atoms with Gasteiger partial charge in [-0.25, -0.2) is 4.98 Å².